The molecule has 0 aliphatic heterocycles. The number of anilines is 1. The van der Waals surface area contributed by atoms with Crippen LogP contribution >= 0.6 is 22.9 Å². The fourth-order valence-corrected chi connectivity index (χ4v) is 2.51. The summed E-state index contributed by atoms with van der Waals surface area (Å²) in [5.41, 5.74) is 0.820. The number of nitrogens with one attached hydrogen (secondary N) is 1. The summed E-state index contributed by atoms with van der Waals surface area (Å²) in [6.45, 7) is 0. The average Bonchev–Trinajstić information content (AvgIpc) is 2.59. The van der Waals surface area contributed by atoms with Crippen molar-refractivity contribution >= 4 is 34.0 Å². The first-order valence-electron chi connectivity index (χ1n) is 5.08. The first-order chi connectivity index (χ1) is 7.28. The highest BCUT2D eigenvalue weighted by Crippen LogP contribution is 2.29. The molecule has 1 aliphatic rings. The van der Waals surface area contributed by atoms with Crippen LogP contribution in [0.1, 0.15) is 31.4 Å². The van der Waals surface area contributed by atoms with Crippen LogP contribution in [-0.4, -0.2) is 10.9 Å². The Bertz CT molecular complexity index is 349. The SMILES string of the molecule is O=C(CC1CCC1)Nc1nc(CCl)cs1. The van der Waals surface area contributed by atoms with E-state index in [-0.39, 0.29) is 5.91 Å². The lowest BCUT2D eigenvalue weighted by molar-refractivity contribution is -0.117. The third kappa shape index (κ3) is 2.92. The molecule has 1 N–H and O–H groups in total. The maximum Gasteiger partial charge on any atom is 0.226 e. The maximum absolute atomic E-state index is 11.5. The summed E-state index contributed by atoms with van der Waals surface area (Å²) in [5, 5.41) is 5.33. The van der Waals surface area contributed by atoms with E-state index in [9.17, 15) is 4.79 Å². The van der Waals surface area contributed by atoms with Crippen molar-refractivity contribution in [3.8, 4) is 0 Å². The molecule has 0 saturated heterocycles. The first-order valence-corrected chi connectivity index (χ1v) is 6.49. The monoisotopic (exact) mass is 244 g/mol. The third-order valence-corrected chi connectivity index (χ3v) is 3.71. The van der Waals surface area contributed by atoms with Crippen LogP contribution in [0.25, 0.3) is 0 Å². The highest BCUT2D eigenvalue weighted by atomic mass is 35.5. The van der Waals surface area contributed by atoms with Gasteiger partial charge in [-0.1, -0.05) is 6.42 Å². The zero-order valence-corrected chi connectivity index (χ0v) is 9.90. The molecule has 3 nitrogen and oxygen atoms in total. The number of rotatable bonds is 4. The molecule has 1 heterocycles. The van der Waals surface area contributed by atoms with Crippen LogP contribution in [0.5, 0.6) is 0 Å². The molecule has 1 amide bonds. The minimum absolute atomic E-state index is 0.0789. The van der Waals surface area contributed by atoms with Crippen LogP contribution in [0, 0.1) is 5.92 Å². The molecule has 5 heteroatoms. The van der Waals surface area contributed by atoms with E-state index in [2.05, 4.69) is 10.3 Å². The van der Waals surface area contributed by atoms with Crippen molar-refractivity contribution in [2.24, 2.45) is 5.92 Å². The molecule has 0 atom stereocenters. The fraction of sp³-hybridized carbons (Fsp3) is 0.600. The largest absolute Gasteiger partial charge is 0.302 e. The number of nitrogens with zero attached hydrogens (tertiary/aromatic N) is 1. The van der Waals surface area contributed by atoms with Crippen molar-refractivity contribution < 1.29 is 4.79 Å². The lowest BCUT2D eigenvalue weighted by Gasteiger charge is -2.24. The normalized spacial score (nSPS) is 16.1. The zero-order valence-electron chi connectivity index (χ0n) is 8.33. The van der Waals surface area contributed by atoms with E-state index in [4.69, 9.17) is 11.6 Å². The number of thiazole rings is 1. The number of carbonyl (C=O) groups is 1. The maximum atomic E-state index is 11.5. The van der Waals surface area contributed by atoms with E-state index in [1.54, 1.807) is 0 Å². The van der Waals surface area contributed by atoms with Crippen molar-refractivity contribution in [2.75, 3.05) is 5.32 Å². The van der Waals surface area contributed by atoms with Crippen molar-refractivity contribution in [2.45, 2.75) is 31.6 Å². The summed E-state index contributed by atoms with van der Waals surface area (Å²) in [6, 6.07) is 0. The standard InChI is InChI=1S/C10H13ClN2OS/c11-5-8-6-15-10(12-8)13-9(14)4-7-2-1-3-7/h6-7H,1-5H2,(H,12,13,14). The molecule has 0 radical (unpaired) electrons. The van der Waals surface area contributed by atoms with Crippen LogP contribution < -0.4 is 5.32 Å². The van der Waals surface area contributed by atoms with Gasteiger partial charge >= 0.3 is 0 Å². The van der Waals surface area contributed by atoms with Crippen LogP contribution in [0.2, 0.25) is 0 Å². The third-order valence-electron chi connectivity index (χ3n) is 2.63. The summed E-state index contributed by atoms with van der Waals surface area (Å²) in [7, 11) is 0. The van der Waals surface area contributed by atoms with E-state index in [1.165, 1.54) is 30.6 Å². The molecule has 1 aromatic rings. The number of carbonyl (C=O) groups excluding carboxylic acids is 1. The van der Waals surface area contributed by atoms with Gasteiger partial charge in [-0.15, -0.1) is 22.9 Å². The molecule has 1 aromatic heterocycles. The van der Waals surface area contributed by atoms with E-state index < -0.39 is 0 Å². The van der Waals surface area contributed by atoms with E-state index >= 15 is 0 Å². The van der Waals surface area contributed by atoms with Crippen LogP contribution in [0.4, 0.5) is 5.13 Å². The van der Waals surface area contributed by atoms with Gasteiger partial charge in [-0.3, -0.25) is 4.79 Å². The van der Waals surface area contributed by atoms with E-state index in [0.717, 1.165) is 5.69 Å². The predicted molar refractivity (Wildman–Crippen MR) is 62.3 cm³/mol. The Morgan fingerprint density at radius 1 is 1.67 bits per heavy atom. The molecule has 2 rings (SSSR count). The van der Waals surface area contributed by atoms with Gasteiger partial charge in [-0.25, -0.2) is 4.98 Å². The minimum Gasteiger partial charge on any atom is -0.302 e. The Labute approximate surface area is 97.9 Å². The quantitative estimate of drug-likeness (QED) is 0.828. The summed E-state index contributed by atoms with van der Waals surface area (Å²) in [5.74, 6) is 1.07. The molecule has 1 aliphatic carbocycles. The number of halogens is 1. The number of aromatic nitrogens is 1. The van der Waals surface area contributed by atoms with Gasteiger partial charge in [0, 0.05) is 11.8 Å². The van der Waals surface area contributed by atoms with Crippen molar-refractivity contribution in [1.82, 2.24) is 4.98 Å². The Kier molecular flexibility index (Phi) is 3.59. The second-order valence-corrected chi connectivity index (χ2v) is 4.95. The van der Waals surface area contributed by atoms with Crippen molar-refractivity contribution in [1.29, 1.82) is 0 Å². The smallest absolute Gasteiger partial charge is 0.226 e. The second-order valence-electron chi connectivity index (χ2n) is 3.83. The molecule has 0 bridgehead atoms. The lowest BCUT2D eigenvalue weighted by Crippen LogP contribution is -2.20. The average molecular weight is 245 g/mol. The second kappa shape index (κ2) is 4.94. The fourth-order valence-electron chi connectivity index (χ4n) is 1.56. The zero-order chi connectivity index (χ0) is 10.7. The molecular weight excluding hydrogens is 232 g/mol. The first kappa shape index (κ1) is 10.9. The lowest BCUT2D eigenvalue weighted by atomic mass is 9.83. The molecule has 0 unspecified atom stereocenters. The molecule has 82 valence electrons. The highest BCUT2D eigenvalue weighted by molar-refractivity contribution is 7.13. The van der Waals surface area contributed by atoms with E-state index in [0.29, 0.717) is 23.4 Å². The van der Waals surface area contributed by atoms with Gasteiger partial charge < -0.3 is 5.32 Å². The van der Waals surface area contributed by atoms with Crippen LogP contribution in [0.3, 0.4) is 0 Å². The van der Waals surface area contributed by atoms with Crippen molar-refractivity contribution in [3.63, 3.8) is 0 Å². The molecular formula is C10H13ClN2OS. The minimum atomic E-state index is 0.0789. The van der Waals surface area contributed by atoms with Crippen LogP contribution in [-0.2, 0) is 10.7 Å². The molecule has 0 aromatic carbocycles. The van der Waals surface area contributed by atoms with Crippen LogP contribution in [0.15, 0.2) is 5.38 Å². The van der Waals surface area contributed by atoms with Gasteiger partial charge in [0.2, 0.25) is 5.91 Å². The predicted octanol–water partition coefficient (Wildman–Crippen LogP) is 3.01. The van der Waals surface area contributed by atoms with Gasteiger partial charge in [0.15, 0.2) is 5.13 Å². The molecule has 1 saturated carbocycles. The summed E-state index contributed by atoms with van der Waals surface area (Å²) in [4.78, 5) is 15.7. The Balaban J connectivity index is 1.82. The summed E-state index contributed by atoms with van der Waals surface area (Å²) in [6.07, 6.45) is 4.29. The van der Waals surface area contributed by atoms with Gasteiger partial charge in [0.1, 0.15) is 0 Å². The Morgan fingerprint density at radius 3 is 3.00 bits per heavy atom. The van der Waals surface area contributed by atoms with Gasteiger partial charge in [0.05, 0.1) is 11.6 Å². The van der Waals surface area contributed by atoms with Gasteiger partial charge in [-0.2, -0.15) is 0 Å². The molecule has 15 heavy (non-hydrogen) atoms. The van der Waals surface area contributed by atoms with Crippen molar-refractivity contribution in [3.05, 3.63) is 11.1 Å². The Hall–Kier alpha value is -0.610. The number of alkyl halides is 1. The van der Waals surface area contributed by atoms with Gasteiger partial charge in [-0.05, 0) is 18.8 Å². The van der Waals surface area contributed by atoms with Gasteiger partial charge in [0.25, 0.3) is 0 Å². The number of hydrogen-bond acceptors (Lipinski definition) is 3. The number of hydrogen-bond donors (Lipinski definition) is 1. The number of amides is 1. The van der Waals surface area contributed by atoms with E-state index in [1.807, 2.05) is 5.38 Å². The Morgan fingerprint density at radius 2 is 2.47 bits per heavy atom. The topological polar surface area (TPSA) is 42.0 Å². The highest BCUT2D eigenvalue weighted by Gasteiger charge is 2.20. The summed E-state index contributed by atoms with van der Waals surface area (Å²) < 4.78 is 0. The molecule has 1 fully saturated rings. The molecule has 0 spiro atoms. The summed E-state index contributed by atoms with van der Waals surface area (Å²) >= 11 is 7.05.